The second-order valence-electron chi connectivity index (χ2n) is 7.20. The zero-order valence-electron chi connectivity index (χ0n) is 17.1. The number of hydrogen-bond acceptors (Lipinski definition) is 6. The lowest BCUT2D eigenvalue weighted by atomic mass is 10.2. The van der Waals surface area contributed by atoms with E-state index in [-0.39, 0.29) is 30.4 Å². The Labute approximate surface area is 185 Å². The molecular formula is C22H17F3N4O4. The van der Waals surface area contributed by atoms with E-state index in [1.54, 1.807) is 30.3 Å². The van der Waals surface area contributed by atoms with Crippen molar-refractivity contribution < 1.29 is 32.3 Å². The first kappa shape index (κ1) is 22.2. The summed E-state index contributed by atoms with van der Waals surface area (Å²) in [5.74, 6) is -2.37. The number of ether oxygens (including phenoxy) is 1. The summed E-state index contributed by atoms with van der Waals surface area (Å²) in [6, 6.07) is 12.9. The Balaban J connectivity index is 1.64. The van der Waals surface area contributed by atoms with Gasteiger partial charge in [0.1, 0.15) is 0 Å². The maximum atomic E-state index is 13.2. The van der Waals surface area contributed by atoms with Crippen LogP contribution >= 0.6 is 0 Å². The number of likely N-dealkylation sites (tertiary alicyclic amines) is 1. The molecule has 2 aromatic carbocycles. The van der Waals surface area contributed by atoms with Crippen LogP contribution in [-0.4, -0.2) is 50.6 Å². The van der Waals surface area contributed by atoms with Crippen molar-refractivity contribution in [2.24, 2.45) is 0 Å². The number of hydrogen-bond donors (Lipinski definition) is 0. The normalized spacial score (nSPS) is 13.9. The van der Waals surface area contributed by atoms with Crippen LogP contribution < -0.4 is 0 Å². The second-order valence-corrected chi connectivity index (χ2v) is 7.20. The number of carbonyl (C=O) groups is 3. The van der Waals surface area contributed by atoms with Gasteiger partial charge in [-0.15, -0.1) is 5.10 Å². The molecule has 0 radical (unpaired) electrons. The lowest BCUT2D eigenvalue weighted by Crippen LogP contribution is -2.35. The third-order valence-electron chi connectivity index (χ3n) is 4.94. The molecule has 2 amide bonds. The molecule has 1 aromatic heterocycles. The van der Waals surface area contributed by atoms with Crippen molar-refractivity contribution in [1.29, 1.82) is 0 Å². The van der Waals surface area contributed by atoms with Gasteiger partial charge in [-0.1, -0.05) is 36.4 Å². The molecule has 170 valence electrons. The summed E-state index contributed by atoms with van der Waals surface area (Å²) in [4.78, 5) is 41.4. The van der Waals surface area contributed by atoms with E-state index in [1.807, 2.05) is 0 Å². The van der Waals surface area contributed by atoms with Gasteiger partial charge in [0, 0.05) is 18.5 Å². The lowest BCUT2D eigenvalue weighted by molar-refractivity contribution is -0.144. The molecule has 11 heteroatoms. The highest BCUT2D eigenvalue weighted by Crippen LogP contribution is 2.31. The lowest BCUT2D eigenvalue weighted by Gasteiger charge is -2.12. The topological polar surface area (TPSA) is 94.4 Å². The van der Waals surface area contributed by atoms with Gasteiger partial charge in [0.25, 0.3) is 11.7 Å². The Kier molecular flexibility index (Phi) is 5.95. The molecular weight excluding hydrogens is 441 g/mol. The second kappa shape index (κ2) is 8.85. The van der Waals surface area contributed by atoms with E-state index in [0.29, 0.717) is 12.0 Å². The van der Waals surface area contributed by atoms with Gasteiger partial charge in [0.15, 0.2) is 12.4 Å². The molecule has 3 aromatic rings. The number of alkyl halides is 3. The van der Waals surface area contributed by atoms with Crippen LogP contribution in [0.1, 0.15) is 29.0 Å². The Morgan fingerprint density at radius 1 is 1.06 bits per heavy atom. The van der Waals surface area contributed by atoms with Gasteiger partial charge < -0.3 is 4.74 Å². The van der Waals surface area contributed by atoms with Crippen LogP contribution in [0.4, 0.5) is 13.2 Å². The Hall–Kier alpha value is -4.02. The maximum Gasteiger partial charge on any atom is 0.416 e. The zero-order chi connectivity index (χ0) is 23.6. The van der Waals surface area contributed by atoms with Crippen molar-refractivity contribution in [3.63, 3.8) is 0 Å². The summed E-state index contributed by atoms with van der Waals surface area (Å²) in [6.07, 6.45) is -3.77. The number of rotatable bonds is 5. The standard InChI is InChI=1S/C22H17F3N4O4/c23-22(24,25)15-8-4-9-16(12-15)29-20(14-6-2-1-3-7-14)26-19(27-29)21(32)33-13-18(31)28-11-5-10-17(28)30/h1-4,6-9,12H,5,10-11,13H2. The highest BCUT2D eigenvalue weighted by molar-refractivity contribution is 5.98. The van der Waals surface area contributed by atoms with Crippen LogP contribution in [0.2, 0.25) is 0 Å². The molecule has 0 aliphatic carbocycles. The van der Waals surface area contributed by atoms with Crippen molar-refractivity contribution in [1.82, 2.24) is 19.7 Å². The van der Waals surface area contributed by atoms with Crippen LogP contribution in [0.3, 0.4) is 0 Å². The van der Waals surface area contributed by atoms with E-state index in [2.05, 4.69) is 10.1 Å². The summed E-state index contributed by atoms with van der Waals surface area (Å²) in [5, 5.41) is 4.04. The largest absolute Gasteiger partial charge is 0.450 e. The number of esters is 1. The van der Waals surface area contributed by atoms with Crippen LogP contribution in [0, 0.1) is 0 Å². The molecule has 0 spiro atoms. The Morgan fingerprint density at radius 3 is 2.48 bits per heavy atom. The minimum absolute atomic E-state index is 0.0361. The third-order valence-corrected chi connectivity index (χ3v) is 4.94. The minimum Gasteiger partial charge on any atom is -0.450 e. The van der Waals surface area contributed by atoms with Gasteiger partial charge in [0.2, 0.25) is 5.91 Å². The van der Waals surface area contributed by atoms with Gasteiger partial charge in [-0.3, -0.25) is 14.5 Å². The minimum atomic E-state index is -4.57. The highest BCUT2D eigenvalue weighted by Gasteiger charge is 2.31. The summed E-state index contributed by atoms with van der Waals surface area (Å²) >= 11 is 0. The van der Waals surface area contributed by atoms with Crippen molar-refractivity contribution in [2.75, 3.05) is 13.2 Å². The number of halogens is 3. The van der Waals surface area contributed by atoms with Crippen molar-refractivity contribution in [3.05, 3.63) is 66.0 Å². The van der Waals surface area contributed by atoms with E-state index in [4.69, 9.17) is 4.74 Å². The molecule has 0 N–H and O–H groups in total. The van der Waals surface area contributed by atoms with Gasteiger partial charge in [-0.05, 0) is 24.6 Å². The fourth-order valence-electron chi connectivity index (χ4n) is 3.35. The van der Waals surface area contributed by atoms with Gasteiger partial charge in [0.05, 0.1) is 11.3 Å². The molecule has 0 saturated carbocycles. The molecule has 4 rings (SSSR count). The van der Waals surface area contributed by atoms with Crippen LogP contribution in [0.5, 0.6) is 0 Å². The first-order valence-corrected chi connectivity index (χ1v) is 9.94. The molecule has 0 unspecified atom stereocenters. The van der Waals surface area contributed by atoms with Crippen molar-refractivity contribution in [2.45, 2.75) is 19.0 Å². The average molecular weight is 458 g/mol. The van der Waals surface area contributed by atoms with Crippen LogP contribution in [0.25, 0.3) is 17.1 Å². The molecule has 0 atom stereocenters. The number of carbonyl (C=O) groups excluding carboxylic acids is 3. The molecule has 1 aliphatic heterocycles. The molecule has 1 saturated heterocycles. The third kappa shape index (κ3) is 4.76. The van der Waals surface area contributed by atoms with Crippen molar-refractivity contribution in [3.8, 4) is 17.1 Å². The Morgan fingerprint density at radius 2 is 1.82 bits per heavy atom. The van der Waals surface area contributed by atoms with Gasteiger partial charge >= 0.3 is 12.1 Å². The predicted octanol–water partition coefficient (Wildman–Crippen LogP) is 3.26. The first-order chi connectivity index (χ1) is 15.7. The summed E-state index contributed by atoms with van der Waals surface area (Å²) < 4.78 is 45.7. The summed E-state index contributed by atoms with van der Waals surface area (Å²) in [5.41, 5.74) is -0.353. The quantitative estimate of drug-likeness (QED) is 0.545. The van der Waals surface area contributed by atoms with E-state index >= 15 is 0 Å². The van der Waals surface area contributed by atoms with Gasteiger partial charge in [-0.25, -0.2) is 14.5 Å². The molecule has 2 heterocycles. The molecule has 8 nitrogen and oxygen atoms in total. The number of imide groups is 1. The first-order valence-electron chi connectivity index (χ1n) is 9.94. The summed E-state index contributed by atoms with van der Waals surface area (Å²) in [6.45, 7) is -0.418. The van der Waals surface area contributed by atoms with E-state index in [0.717, 1.165) is 21.7 Å². The molecule has 0 bridgehead atoms. The average Bonchev–Trinajstić information content (AvgIpc) is 3.44. The van der Waals surface area contributed by atoms with E-state index in [1.165, 1.54) is 12.1 Å². The molecule has 1 aliphatic rings. The van der Waals surface area contributed by atoms with Crippen LogP contribution in [-0.2, 0) is 20.5 Å². The fraction of sp³-hybridized carbons (Fsp3) is 0.227. The van der Waals surface area contributed by atoms with Gasteiger partial charge in [-0.2, -0.15) is 13.2 Å². The van der Waals surface area contributed by atoms with E-state index in [9.17, 15) is 27.6 Å². The predicted molar refractivity (Wildman–Crippen MR) is 108 cm³/mol. The molecule has 1 fully saturated rings. The Bertz CT molecular complexity index is 1210. The number of nitrogens with zero attached hydrogens (tertiary/aromatic N) is 4. The number of aromatic nitrogens is 3. The SMILES string of the molecule is O=C(OCC(=O)N1CCCC1=O)c1nc(-c2ccccc2)n(-c2cccc(C(F)(F)F)c2)n1. The smallest absolute Gasteiger partial charge is 0.416 e. The molecule has 33 heavy (non-hydrogen) atoms. The maximum absolute atomic E-state index is 13.2. The van der Waals surface area contributed by atoms with Crippen molar-refractivity contribution >= 4 is 17.8 Å². The highest BCUT2D eigenvalue weighted by atomic mass is 19.4. The fourth-order valence-corrected chi connectivity index (χ4v) is 3.35. The van der Waals surface area contributed by atoms with Crippen LogP contribution in [0.15, 0.2) is 54.6 Å². The monoisotopic (exact) mass is 458 g/mol. The number of amides is 2. The zero-order valence-corrected chi connectivity index (χ0v) is 17.1. The van der Waals surface area contributed by atoms with E-state index < -0.39 is 36.0 Å². The summed E-state index contributed by atoms with van der Waals surface area (Å²) in [7, 11) is 0. The number of benzene rings is 2.